The number of fused-ring (bicyclic) bond motifs is 1. The molecule has 0 bridgehead atoms. The zero-order valence-electron chi connectivity index (χ0n) is 10.7. The Bertz CT molecular complexity index is 831. The number of non-ortho nitro benzene ring substituents is 1. The van der Waals surface area contributed by atoms with Gasteiger partial charge in [-0.05, 0) is 11.6 Å². The zero-order valence-corrected chi connectivity index (χ0v) is 10.7. The lowest BCUT2D eigenvalue weighted by Gasteiger charge is -2.09. The molecule has 0 aliphatic rings. The molecule has 3 rings (SSSR count). The Hall–Kier alpha value is -2.80. The van der Waals surface area contributed by atoms with Gasteiger partial charge in [-0.3, -0.25) is 10.1 Å². The van der Waals surface area contributed by atoms with Crippen molar-refractivity contribution in [3.8, 4) is 0 Å². The number of rotatable bonds is 3. The molecule has 7 heteroatoms. The summed E-state index contributed by atoms with van der Waals surface area (Å²) in [4.78, 5) is 16.9. The van der Waals surface area contributed by atoms with E-state index in [9.17, 15) is 19.6 Å². The minimum Gasteiger partial charge on any atom is -0.384 e. The monoisotopic (exact) mass is 287 g/mol. The molecule has 2 heterocycles. The number of hydrogen-bond acceptors (Lipinski definition) is 4. The van der Waals surface area contributed by atoms with Gasteiger partial charge in [0.2, 0.25) is 0 Å². The van der Waals surface area contributed by atoms with Crippen molar-refractivity contribution in [3.05, 3.63) is 69.8 Å². The molecule has 0 radical (unpaired) electrons. The van der Waals surface area contributed by atoms with E-state index in [-0.39, 0.29) is 5.69 Å². The number of aromatic amines is 1. The van der Waals surface area contributed by atoms with Gasteiger partial charge < -0.3 is 10.1 Å². The van der Waals surface area contributed by atoms with E-state index in [4.69, 9.17) is 0 Å². The van der Waals surface area contributed by atoms with Crippen LogP contribution < -0.4 is 0 Å². The molecule has 0 saturated carbocycles. The fraction of sp³-hybridized carbons (Fsp3) is 0.0714. The van der Waals surface area contributed by atoms with Gasteiger partial charge in [-0.25, -0.2) is 9.37 Å². The van der Waals surface area contributed by atoms with Gasteiger partial charge in [-0.15, -0.1) is 0 Å². The highest BCUT2D eigenvalue weighted by Crippen LogP contribution is 2.30. The number of nitro benzene ring substituents is 1. The summed E-state index contributed by atoms with van der Waals surface area (Å²) in [6.07, 6.45) is 1.48. The maximum absolute atomic E-state index is 13.3. The van der Waals surface area contributed by atoms with Gasteiger partial charge in [0.25, 0.3) is 5.69 Å². The standard InChI is InChI=1S/C14H10FN3O3/c15-9-5-11-12(7-17-14(11)16-6-9)13(19)8-2-1-3-10(4-8)18(20)21/h1-7,13,19H,(H,16,17). The van der Waals surface area contributed by atoms with Gasteiger partial charge in [-0.1, -0.05) is 12.1 Å². The fourth-order valence-corrected chi connectivity index (χ4v) is 2.21. The Kier molecular flexibility index (Phi) is 3.11. The second kappa shape index (κ2) is 4.95. The highest BCUT2D eigenvalue weighted by atomic mass is 19.1. The maximum Gasteiger partial charge on any atom is 0.269 e. The van der Waals surface area contributed by atoms with E-state index in [1.807, 2.05) is 0 Å². The Morgan fingerprint density at radius 3 is 2.95 bits per heavy atom. The molecule has 1 unspecified atom stereocenters. The van der Waals surface area contributed by atoms with Crippen molar-refractivity contribution in [2.75, 3.05) is 0 Å². The van der Waals surface area contributed by atoms with E-state index in [2.05, 4.69) is 9.97 Å². The molecule has 0 amide bonds. The van der Waals surface area contributed by atoms with Crippen LogP contribution in [0.1, 0.15) is 17.2 Å². The SMILES string of the molecule is O=[N+]([O-])c1cccc(C(O)c2c[nH]c3ncc(F)cc23)c1. The number of nitrogens with zero attached hydrogens (tertiary/aromatic N) is 2. The summed E-state index contributed by atoms with van der Waals surface area (Å²) in [6.45, 7) is 0. The van der Waals surface area contributed by atoms with Crippen LogP contribution >= 0.6 is 0 Å². The topological polar surface area (TPSA) is 92.0 Å². The summed E-state index contributed by atoms with van der Waals surface area (Å²) in [5, 5.41) is 21.6. The molecule has 0 aliphatic carbocycles. The lowest BCUT2D eigenvalue weighted by atomic mass is 10.0. The number of aliphatic hydroxyl groups excluding tert-OH is 1. The minimum atomic E-state index is -1.11. The summed E-state index contributed by atoms with van der Waals surface area (Å²) in [5.74, 6) is -0.519. The van der Waals surface area contributed by atoms with Crippen molar-refractivity contribution in [1.29, 1.82) is 0 Å². The smallest absolute Gasteiger partial charge is 0.269 e. The highest BCUT2D eigenvalue weighted by molar-refractivity contribution is 5.80. The Labute approximate surface area is 118 Å². The van der Waals surface area contributed by atoms with Crippen LogP contribution in [0.5, 0.6) is 0 Å². The molecule has 2 aromatic heterocycles. The molecule has 3 aromatic rings. The van der Waals surface area contributed by atoms with Crippen molar-refractivity contribution in [2.45, 2.75) is 6.10 Å². The first-order valence-corrected chi connectivity index (χ1v) is 6.11. The average molecular weight is 287 g/mol. The predicted molar refractivity (Wildman–Crippen MR) is 73.2 cm³/mol. The van der Waals surface area contributed by atoms with Gasteiger partial charge >= 0.3 is 0 Å². The van der Waals surface area contributed by atoms with Crippen molar-refractivity contribution in [2.24, 2.45) is 0 Å². The number of pyridine rings is 1. The third-order valence-corrected chi connectivity index (χ3v) is 3.22. The quantitative estimate of drug-likeness (QED) is 0.572. The van der Waals surface area contributed by atoms with Crippen molar-refractivity contribution in [1.82, 2.24) is 9.97 Å². The molecular weight excluding hydrogens is 277 g/mol. The van der Waals surface area contributed by atoms with Gasteiger partial charge in [0, 0.05) is 29.3 Å². The minimum absolute atomic E-state index is 0.115. The van der Waals surface area contributed by atoms with Crippen LogP contribution in [-0.4, -0.2) is 20.0 Å². The summed E-state index contributed by atoms with van der Waals surface area (Å²) >= 11 is 0. The molecule has 0 spiro atoms. The molecule has 0 saturated heterocycles. The van der Waals surface area contributed by atoms with E-state index in [0.717, 1.165) is 6.20 Å². The first-order valence-electron chi connectivity index (χ1n) is 6.11. The Morgan fingerprint density at radius 2 is 2.19 bits per heavy atom. The molecule has 0 aliphatic heterocycles. The number of nitro groups is 1. The lowest BCUT2D eigenvalue weighted by Crippen LogP contribution is -2.00. The van der Waals surface area contributed by atoms with Crippen LogP contribution in [-0.2, 0) is 0 Å². The molecule has 6 nitrogen and oxygen atoms in total. The van der Waals surface area contributed by atoms with Crippen LogP contribution in [0.4, 0.5) is 10.1 Å². The van der Waals surface area contributed by atoms with Crippen molar-refractivity contribution >= 4 is 16.7 Å². The largest absolute Gasteiger partial charge is 0.384 e. The number of H-pyrrole nitrogens is 1. The van der Waals surface area contributed by atoms with Gasteiger partial charge in [-0.2, -0.15) is 0 Å². The number of benzene rings is 1. The normalized spacial score (nSPS) is 12.5. The molecule has 2 N–H and O–H groups in total. The summed E-state index contributed by atoms with van der Waals surface area (Å²) < 4.78 is 13.3. The van der Waals surface area contributed by atoms with Gasteiger partial charge in [0.05, 0.1) is 11.1 Å². The van der Waals surface area contributed by atoms with Crippen LogP contribution in [0.25, 0.3) is 11.0 Å². The number of aliphatic hydroxyl groups is 1. The van der Waals surface area contributed by atoms with Crippen LogP contribution in [0.2, 0.25) is 0 Å². The Morgan fingerprint density at radius 1 is 1.38 bits per heavy atom. The predicted octanol–water partition coefficient (Wildman–Crippen LogP) is 2.69. The van der Waals surface area contributed by atoms with E-state index >= 15 is 0 Å². The summed E-state index contributed by atoms with van der Waals surface area (Å²) in [6, 6.07) is 6.95. The number of hydrogen-bond donors (Lipinski definition) is 2. The molecular formula is C14H10FN3O3. The lowest BCUT2D eigenvalue weighted by molar-refractivity contribution is -0.385. The van der Waals surface area contributed by atoms with Gasteiger partial charge in [0.15, 0.2) is 0 Å². The molecule has 0 fully saturated rings. The summed E-state index contributed by atoms with van der Waals surface area (Å²) in [5.41, 5.74) is 1.10. The molecule has 106 valence electrons. The third kappa shape index (κ3) is 2.34. The average Bonchev–Trinajstić information content (AvgIpc) is 2.89. The molecule has 1 aromatic carbocycles. The number of aromatic nitrogens is 2. The van der Waals surface area contributed by atoms with Crippen LogP contribution in [0.15, 0.2) is 42.7 Å². The summed E-state index contributed by atoms with van der Waals surface area (Å²) in [7, 11) is 0. The third-order valence-electron chi connectivity index (χ3n) is 3.22. The van der Waals surface area contributed by atoms with Crippen molar-refractivity contribution in [3.63, 3.8) is 0 Å². The van der Waals surface area contributed by atoms with E-state index in [1.54, 1.807) is 6.07 Å². The first kappa shape index (κ1) is 13.2. The maximum atomic E-state index is 13.3. The molecule has 21 heavy (non-hydrogen) atoms. The zero-order chi connectivity index (χ0) is 15.0. The van der Waals surface area contributed by atoms with Gasteiger partial charge in [0.1, 0.15) is 17.6 Å². The first-order chi connectivity index (χ1) is 10.1. The highest BCUT2D eigenvalue weighted by Gasteiger charge is 2.18. The fourth-order valence-electron chi connectivity index (χ4n) is 2.21. The molecule has 1 atom stereocenters. The van der Waals surface area contributed by atoms with E-state index in [0.29, 0.717) is 22.2 Å². The van der Waals surface area contributed by atoms with Crippen LogP contribution in [0, 0.1) is 15.9 Å². The second-order valence-electron chi connectivity index (χ2n) is 4.55. The Balaban J connectivity index is 2.08. The number of halogens is 1. The van der Waals surface area contributed by atoms with Crippen molar-refractivity contribution < 1.29 is 14.4 Å². The van der Waals surface area contributed by atoms with Crippen LogP contribution in [0.3, 0.4) is 0 Å². The van der Waals surface area contributed by atoms with E-state index in [1.165, 1.54) is 30.5 Å². The second-order valence-corrected chi connectivity index (χ2v) is 4.55. The van der Waals surface area contributed by atoms with E-state index < -0.39 is 16.8 Å². The number of nitrogens with one attached hydrogen (secondary N) is 1.